The van der Waals surface area contributed by atoms with Gasteiger partial charge in [-0.1, -0.05) is 19.1 Å². The van der Waals surface area contributed by atoms with Gasteiger partial charge in [-0.25, -0.2) is 4.39 Å². The van der Waals surface area contributed by atoms with Crippen LogP contribution in [0.4, 0.5) is 15.9 Å². The minimum atomic E-state index is -0.720. The zero-order chi connectivity index (χ0) is 20.3. The number of nitro groups is 1. The Hall–Kier alpha value is -3.08. The second kappa shape index (κ2) is 8.30. The van der Waals surface area contributed by atoms with E-state index in [1.807, 2.05) is 0 Å². The number of amides is 1. The minimum Gasteiger partial charge on any atom is -0.306 e. The topological polar surface area (TPSA) is 108 Å². The molecule has 0 spiro atoms. The Morgan fingerprint density at radius 2 is 2.07 bits per heavy atom. The van der Waals surface area contributed by atoms with Crippen LogP contribution in [0.1, 0.15) is 24.9 Å². The molecule has 3 rings (SSSR count). The van der Waals surface area contributed by atoms with Gasteiger partial charge < -0.3 is 5.32 Å². The van der Waals surface area contributed by atoms with Crippen molar-refractivity contribution >= 4 is 33.3 Å². The van der Waals surface area contributed by atoms with Gasteiger partial charge in [-0.05, 0) is 40.0 Å². The summed E-state index contributed by atoms with van der Waals surface area (Å²) in [5, 5.41) is 21.7. The van der Waals surface area contributed by atoms with Gasteiger partial charge in [0.25, 0.3) is 0 Å². The van der Waals surface area contributed by atoms with Crippen LogP contribution in [0.3, 0.4) is 0 Å². The molecule has 11 heteroatoms. The van der Waals surface area contributed by atoms with E-state index in [4.69, 9.17) is 0 Å². The molecule has 1 amide bonds. The quantitative estimate of drug-likeness (QED) is 0.437. The summed E-state index contributed by atoms with van der Waals surface area (Å²) in [5.74, 6) is -0.400. The van der Waals surface area contributed by atoms with Crippen LogP contribution in [0.5, 0.6) is 0 Å². The van der Waals surface area contributed by atoms with Crippen LogP contribution in [-0.4, -0.2) is 30.4 Å². The van der Waals surface area contributed by atoms with E-state index >= 15 is 0 Å². The predicted molar refractivity (Wildman–Crippen MR) is 102 cm³/mol. The van der Waals surface area contributed by atoms with E-state index in [1.54, 1.807) is 29.9 Å². The monoisotopic (exact) mass is 450 g/mol. The number of rotatable bonds is 7. The number of hydrogen-bond donors (Lipinski definition) is 1. The molecule has 0 saturated carbocycles. The lowest BCUT2D eigenvalue weighted by Gasteiger charge is -2.14. The van der Waals surface area contributed by atoms with Crippen molar-refractivity contribution in [3.8, 4) is 0 Å². The zero-order valence-electron chi connectivity index (χ0n) is 14.7. The fourth-order valence-corrected chi connectivity index (χ4v) is 3.04. The van der Waals surface area contributed by atoms with Gasteiger partial charge >= 0.3 is 5.69 Å². The van der Waals surface area contributed by atoms with Gasteiger partial charge in [0.15, 0.2) is 5.82 Å². The molecule has 0 bridgehead atoms. The average Bonchev–Trinajstić information content (AvgIpc) is 3.25. The number of nitrogens with one attached hydrogen (secondary N) is 1. The van der Waals surface area contributed by atoms with Crippen molar-refractivity contribution < 1.29 is 14.1 Å². The van der Waals surface area contributed by atoms with E-state index in [-0.39, 0.29) is 11.5 Å². The highest BCUT2D eigenvalue weighted by atomic mass is 79.9. The molecular formula is C17H16BrFN6O3. The first-order chi connectivity index (χ1) is 13.4. The maximum Gasteiger partial charge on any atom is 0.307 e. The Kier molecular flexibility index (Phi) is 5.83. The van der Waals surface area contributed by atoms with Gasteiger partial charge in [-0.2, -0.15) is 10.2 Å². The Balaban J connectivity index is 1.72. The number of nitrogens with zero attached hydrogens (tertiary/aromatic N) is 5. The second-order valence-corrected chi connectivity index (χ2v) is 6.85. The van der Waals surface area contributed by atoms with Crippen LogP contribution in [0.2, 0.25) is 0 Å². The maximum atomic E-state index is 13.0. The van der Waals surface area contributed by atoms with Crippen molar-refractivity contribution in [1.82, 2.24) is 19.6 Å². The molecule has 2 aromatic heterocycles. The van der Waals surface area contributed by atoms with Crippen molar-refractivity contribution in [2.24, 2.45) is 0 Å². The molecule has 0 saturated heterocycles. The van der Waals surface area contributed by atoms with Crippen molar-refractivity contribution in [3.05, 3.63) is 68.8 Å². The number of halogens is 2. The van der Waals surface area contributed by atoms with Gasteiger partial charge in [-0.3, -0.25) is 24.3 Å². The number of benzene rings is 1. The van der Waals surface area contributed by atoms with Crippen LogP contribution in [0.15, 0.2) is 47.3 Å². The van der Waals surface area contributed by atoms with Crippen LogP contribution >= 0.6 is 15.9 Å². The van der Waals surface area contributed by atoms with E-state index in [2.05, 4.69) is 31.4 Å². The van der Waals surface area contributed by atoms with E-state index in [9.17, 15) is 19.3 Å². The molecule has 1 aromatic carbocycles. The Morgan fingerprint density at radius 3 is 2.68 bits per heavy atom. The van der Waals surface area contributed by atoms with Crippen LogP contribution in [0, 0.1) is 15.9 Å². The summed E-state index contributed by atoms with van der Waals surface area (Å²) in [6.45, 7) is 2.18. The van der Waals surface area contributed by atoms with Crippen LogP contribution in [-0.2, 0) is 11.3 Å². The maximum absolute atomic E-state index is 13.0. The fraction of sp³-hybridized carbons (Fsp3) is 0.235. The summed E-state index contributed by atoms with van der Waals surface area (Å²) >= 11 is 3.35. The summed E-state index contributed by atoms with van der Waals surface area (Å²) < 4.78 is 16.4. The summed E-state index contributed by atoms with van der Waals surface area (Å²) in [4.78, 5) is 22.9. The molecule has 0 aliphatic carbocycles. The van der Waals surface area contributed by atoms with E-state index in [0.29, 0.717) is 23.3 Å². The lowest BCUT2D eigenvalue weighted by Crippen LogP contribution is -2.26. The minimum absolute atomic E-state index is 0.184. The molecule has 9 nitrogen and oxygen atoms in total. The van der Waals surface area contributed by atoms with Gasteiger partial charge in [0.05, 0.1) is 15.9 Å². The summed E-state index contributed by atoms with van der Waals surface area (Å²) in [6.07, 6.45) is 4.40. The van der Waals surface area contributed by atoms with Crippen molar-refractivity contribution in [3.63, 3.8) is 0 Å². The molecule has 1 atom stereocenters. The van der Waals surface area contributed by atoms with Gasteiger partial charge in [0.2, 0.25) is 5.91 Å². The molecule has 1 unspecified atom stereocenters. The molecule has 0 fully saturated rings. The third kappa shape index (κ3) is 4.42. The van der Waals surface area contributed by atoms with E-state index < -0.39 is 16.9 Å². The van der Waals surface area contributed by atoms with Crippen molar-refractivity contribution in [2.75, 3.05) is 5.32 Å². The Morgan fingerprint density at radius 1 is 1.36 bits per heavy atom. The summed E-state index contributed by atoms with van der Waals surface area (Å²) in [5.41, 5.74) is 0.667. The Bertz CT molecular complexity index is 1000. The number of aromatic nitrogens is 4. The first kappa shape index (κ1) is 19.7. The molecule has 1 N–H and O–H groups in total. The molecule has 3 aromatic rings. The number of carbonyl (C=O) groups is 1. The third-order valence-corrected chi connectivity index (χ3v) is 4.60. The zero-order valence-corrected chi connectivity index (χ0v) is 16.3. The Labute approximate surface area is 167 Å². The SMILES string of the molecule is CCC(C(=O)Nc1nn(Cc2ccc(F)cc2)cc1Br)n1cc([N+](=O)[O-])cn1. The number of anilines is 1. The highest BCUT2D eigenvalue weighted by Gasteiger charge is 2.23. The van der Waals surface area contributed by atoms with Gasteiger partial charge in [0, 0.05) is 6.20 Å². The normalized spacial score (nSPS) is 12.0. The standard InChI is InChI=1S/C17H16BrFN6O3/c1-2-15(24-9-13(7-20-24)25(27)28)17(26)21-16-14(18)10-23(22-16)8-11-3-5-12(19)6-4-11/h3-7,9-10,15H,2,8H2,1H3,(H,21,22,26). The molecule has 2 heterocycles. The van der Waals surface area contributed by atoms with Gasteiger partial charge in [0.1, 0.15) is 24.3 Å². The first-order valence-electron chi connectivity index (χ1n) is 8.34. The lowest BCUT2D eigenvalue weighted by molar-refractivity contribution is -0.385. The fourth-order valence-electron chi connectivity index (χ4n) is 2.62. The van der Waals surface area contributed by atoms with Crippen molar-refractivity contribution in [1.29, 1.82) is 0 Å². The van der Waals surface area contributed by atoms with Crippen LogP contribution < -0.4 is 5.32 Å². The molecule has 0 aliphatic heterocycles. The first-order valence-corrected chi connectivity index (χ1v) is 9.13. The van der Waals surface area contributed by atoms with E-state index in [1.165, 1.54) is 23.0 Å². The molecule has 0 aliphatic rings. The molecule has 28 heavy (non-hydrogen) atoms. The summed E-state index contributed by atoms with van der Waals surface area (Å²) in [7, 11) is 0. The predicted octanol–water partition coefficient (Wildman–Crippen LogP) is 3.53. The third-order valence-electron chi connectivity index (χ3n) is 4.02. The summed E-state index contributed by atoms with van der Waals surface area (Å²) in [6, 6.07) is 5.32. The smallest absolute Gasteiger partial charge is 0.306 e. The average molecular weight is 451 g/mol. The highest BCUT2D eigenvalue weighted by molar-refractivity contribution is 9.10. The van der Waals surface area contributed by atoms with Gasteiger partial charge in [-0.15, -0.1) is 0 Å². The molecule has 146 valence electrons. The number of carbonyl (C=O) groups excluding carboxylic acids is 1. The van der Waals surface area contributed by atoms with Crippen molar-refractivity contribution in [2.45, 2.75) is 25.9 Å². The largest absolute Gasteiger partial charge is 0.307 e. The molecule has 0 radical (unpaired) electrons. The van der Waals surface area contributed by atoms with E-state index in [0.717, 1.165) is 11.8 Å². The highest BCUT2D eigenvalue weighted by Crippen LogP contribution is 2.23. The van der Waals surface area contributed by atoms with Crippen LogP contribution in [0.25, 0.3) is 0 Å². The second-order valence-electron chi connectivity index (χ2n) is 6.00. The number of hydrogen-bond acceptors (Lipinski definition) is 5. The molecular weight excluding hydrogens is 435 g/mol. The lowest BCUT2D eigenvalue weighted by atomic mass is 10.2.